The molecule has 0 saturated carbocycles. The van der Waals surface area contributed by atoms with Gasteiger partial charge in [0.25, 0.3) is 5.69 Å². The molecule has 2 heterocycles. The summed E-state index contributed by atoms with van der Waals surface area (Å²) in [4.78, 5) is 16.3. The first-order valence-electron chi connectivity index (χ1n) is 6.43. The van der Waals surface area contributed by atoms with Gasteiger partial charge >= 0.3 is 0 Å². The lowest BCUT2D eigenvalue weighted by Crippen LogP contribution is -1.87. The maximum Gasteiger partial charge on any atom is 0.269 e. The van der Waals surface area contributed by atoms with Crippen LogP contribution in [0.5, 0.6) is 0 Å². The molecule has 112 valence electrons. The van der Waals surface area contributed by atoms with E-state index in [1.54, 1.807) is 46.6 Å². The topological polar surface area (TPSA) is 56.0 Å². The van der Waals surface area contributed by atoms with Gasteiger partial charge in [-0.05, 0) is 31.4 Å². The summed E-state index contributed by atoms with van der Waals surface area (Å²) >= 11 is 5.10. The van der Waals surface area contributed by atoms with Crippen molar-refractivity contribution in [2.24, 2.45) is 0 Å². The summed E-state index contributed by atoms with van der Waals surface area (Å²) in [5, 5.41) is 13.7. The van der Waals surface area contributed by atoms with Gasteiger partial charge in [-0.1, -0.05) is 0 Å². The molecule has 0 radical (unpaired) electrons. The molecule has 7 heteroatoms. The number of rotatable bonds is 4. The summed E-state index contributed by atoms with van der Waals surface area (Å²) in [5.41, 5.74) is 3.02. The van der Waals surface area contributed by atoms with Gasteiger partial charge in [-0.2, -0.15) is 0 Å². The molecule has 0 atom stereocenters. The van der Waals surface area contributed by atoms with Crippen molar-refractivity contribution < 1.29 is 4.92 Å². The van der Waals surface area contributed by atoms with E-state index in [1.807, 2.05) is 5.38 Å². The number of nitrogens with zero attached hydrogens (tertiary/aromatic N) is 2. The van der Waals surface area contributed by atoms with Crippen LogP contribution >= 0.6 is 34.4 Å². The predicted octanol–water partition coefficient (Wildman–Crippen LogP) is 5.48. The number of aromatic nitrogens is 1. The Labute approximate surface area is 140 Å². The van der Waals surface area contributed by atoms with E-state index in [-0.39, 0.29) is 5.69 Å². The number of thiophene rings is 1. The van der Waals surface area contributed by atoms with Crippen LogP contribution < -0.4 is 0 Å². The average Bonchev–Trinajstić information content (AvgIpc) is 3.13. The smallest absolute Gasteiger partial charge is 0.258 e. The molecule has 0 N–H and O–H groups in total. The molecule has 0 saturated heterocycles. The van der Waals surface area contributed by atoms with Gasteiger partial charge < -0.3 is 0 Å². The predicted molar refractivity (Wildman–Crippen MR) is 94.0 cm³/mol. The van der Waals surface area contributed by atoms with Crippen molar-refractivity contribution >= 4 is 40.1 Å². The Morgan fingerprint density at radius 3 is 2.64 bits per heavy atom. The number of nitro benzene ring substituents is 1. The van der Waals surface area contributed by atoms with E-state index in [9.17, 15) is 10.1 Å². The quantitative estimate of drug-likeness (QED) is 0.356. The Kier molecular flexibility index (Phi) is 4.28. The number of aryl methyl sites for hydroxylation is 1. The summed E-state index contributed by atoms with van der Waals surface area (Å²) in [5.74, 6) is 0. The molecule has 0 bridgehead atoms. The van der Waals surface area contributed by atoms with Gasteiger partial charge in [0.2, 0.25) is 0 Å². The molecular formula is C15H12N2O2S3. The molecule has 0 aliphatic carbocycles. The van der Waals surface area contributed by atoms with E-state index in [1.165, 1.54) is 26.8 Å². The van der Waals surface area contributed by atoms with Crippen molar-refractivity contribution in [2.75, 3.05) is 6.26 Å². The molecule has 0 amide bonds. The summed E-state index contributed by atoms with van der Waals surface area (Å²) in [6, 6.07) is 8.67. The van der Waals surface area contributed by atoms with Gasteiger partial charge in [0.15, 0.2) is 0 Å². The molecule has 3 rings (SSSR count). The Bertz CT molecular complexity index is 822. The maximum absolute atomic E-state index is 10.7. The van der Waals surface area contributed by atoms with Crippen molar-refractivity contribution in [3.05, 3.63) is 50.7 Å². The molecular weight excluding hydrogens is 336 g/mol. The van der Waals surface area contributed by atoms with Crippen LogP contribution in [0, 0.1) is 17.0 Å². The molecule has 0 aliphatic rings. The molecule has 1 aromatic carbocycles. The second-order valence-corrected chi connectivity index (χ2v) is 7.79. The second kappa shape index (κ2) is 6.20. The second-order valence-electron chi connectivity index (χ2n) is 4.60. The van der Waals surface area contributed by atoms with Gasteiger partial charge in [0.1, 0.15) is 5.01 Å². The van der Waals surface area contributed by atoms with Crippen LogP contribution in [-0.4, -0.2) is 16.2 Å². The van der Waals surface area contributed by atoms with E-state index in [0.29, 0.717) is 0 Å². The SMILES string of the molecule is CSc1sc(C)cc1-c1nc(-c2ccc([N+](=O)[O-])cc2)cs1. The molecule has 22 heavy (non-hydrogen) atoms. The first-order chi connectivity index (χ1) is 10.6. The zero-order valence-corrected chi connectivity index (χ0v) is 14.3. The van der Waals surface area contributed by atoms with Crippen LogP contribution in [0.3, 0.4) is 0 Å². The fourth-order valence-electron chi connectivity index (χ4n) is 2.08. The van der Waals surface area contributed by atoms with Gasteiger partial charge in [-0.15, -0.1) is 34.4 Å². The molecule has 0 aliphatic heterocycles. The van der Waals surface area contributed by atoms with Crippen LogP contribution in [0.4, 0.5) is 5.69 Å². The standard InChI is InChI=1S/C15H12N2O2S3/c1-9-7-12(15(20-2)22-9)14-16-13(8-21-14)10-3-5-11(6-4-10)17(18)19/h3-8H,1-2H3. The third-order valence-corrected chi connectivity index (χ3v) is 6.18. The fourth-order valence-corrected chi connectivity index (χ4v) is 4.90. The number of benzene rings is 1. The molecule has 0 fully saturated rings. The zero-order valence-electron chi connectivity index (χ0n) is 11.9. The lowest BCUT2D eigenvalue weighted by molar-refractivity contribution is -0.384. The summed E-state index contributed by atoms with van der Waals surface area (Å²) in [6.07, 6.45) is 2.07. The molecule has 3 aromatic rings. The van der Waals surface area contributed by atoms with E-state index in [0.717, 1.165) is 16.3 Å². The highest BCUT2D eigenvalue weighted by molar-refractivity contribution is 8.00. The lowest BCUT2D eigenvalue weighted by atomic mass is 10.1. The number of non-ortho nitro benzene ring substituents is 1. The van der Waals surface area contributed by atoms with Gasteiger partial charge in [0.05, 0.1) is 14.8 Å². The minimum atomic E-state index is -0.394. The van der Waals surface area contributed by atoms with E-state index in [4.69, 9.17) is 0 Å². The lowest BCUT2D eigenvalue weighted by Gasteiger charge is -1.97. The van der Waals surface area contributed by atoms with E-state index >= 15 is 0 Å². The Hall–Kier alpha value is -1.70. The van der Waals surface area contributed by atoms with Crippen molar-refractivity contribution in [3.8, 4) is 21.8 Å². The highest BCUT2D eigenvalue weighted by atomic mass is 32.2. The molecule has 0 spiro atoms. The highest BCUT2D eigenvalue weighted by Gasteiger charge is 2.14. The van der Waals surface area contributed by atoms with Crippen molar-refractivity contribution in [2.45, 2.75) is 11.1 Å². The minimum Gasteiger partial charge on any atom is -0.258 e. The summed E-state index contributed by atoms with van der Waals surface area (Å²) < 4.78 is 1.27. The van der Waals surface area contributed by atoms with Crippen LogP contribution in [0.2, 0.25) is 0 Å². The number of hydrogen-bond donors (Lipinski definition) is 0. The normalized spacial score (nSPS) is 10.8. The fraction of sp³-hybridized carbons (Fsp3) is 0.133. The largest absolute Gasteiger partial charge is 0.269 e. The van der Waals surface area contributed by atoms with Crippen LogP contribution in [0.1, 0.15) is 4.88 Å². The Morgan fingerprint density at radius 1 is 1.27 bits per heavy atom. The van der Waals surface area contributed by atoms with Gasteiger partial charge in [-0.25, -0.2) is 4.98 Å². The van der Waals surface area contributed by atoms with E-state index in [2.05, 4.69) is 24.2 Å². The molecule has 2 aromatic heterocycles. The average molecular weight is 348 g/mol. The highest BCUT2D eigenvalue weighted by Crippen LogP contribution is 2.39. The van der Waals surface area contributed by atoms with E-state index < -0.39 is 4.92 Å². The number of thioether (sulfide) groups is 1. The summed E-state index contributed by atoms with van der Waals surface area (Å²) in [6.45, 7) is 2.10. The third kappa shape index (κ3) is 2.92. The number of nitro groups is 1. The monoisotopic (exact) mass is 348 g/mol. The Balaban J connectivity index is 1.94. The number of thiazole rings is 1. The van der Waals surface area contributed by atoms with Crippen molar-refractivity contribution in [1.29, 1.82) is 0 Å². The number of hydrogen-bond acceptors (Lipinski definition) is 6. The first-order valence-corrected chi connectivity index (χ1v) is 9.35. The Morgan fingerprint density at radius 2 is 2.00 bits per heavy atom. The third-order valence-electron chi connectivity index (χ3n) is 3.12. The van der Waals surface area contributed by atoms with Crippen LogP contribution in [0.25, 0.3) is 21.8 Å². The minimum absolute atomic E-state index is 0.0948. The molecule has 0 unspecified atom stereocenters. The van der Waals surface area contributed by atoms with Gasteiger partial charge in [0, 0.05) is 33.5 Å². The van der Waals surface area contributed by atoms with Crippen LogP contribution in [0.15, 0.2) is 39.9 Å². The zero-order chi connectivity index (χ0) is 15.7. The van der Waals surface area contributed by atoms with Crippen molar-refractivity contribution in [1.82, 2.24) is 4.98 Å². The van der Waals surface area contributed by atoms with Crippen LogP contribution in [-0.2, 0) is 0 Å². The summed E-state index contributed by atoms with van der Waals surface area (Å²) in [7, 11) is 0. The first kappa shape index (κ1) is 15.2. The molecule has 4 nitrogen and oxygen atoms in total. The maximum atomic E-state index is 10.7. The van der Waals surface area contributed by atoms with Gasteiger partial charge in [-0.3, -0.25) is 10.1 Å². The van der Waals surface area contributed by atoms with Crippen molar-refractivity contribution in [3.63, 3.8) is 0 Å².